The Bertz CT molecular complexity index is 1140. The molecule has 3 aromatic rings. The molecule has 0 saturated carbocycles. The van der Waals surface area contributed by atoms with Crippen LogP contribution in [0.2, 0.25) is 0 Å². The van der Waals surface area contributed by atoms with E-state index in [1.165, 1.54) is 37.4 Å². The molecular weight excluding hydrogens is 550 g/mol. The maximum atomic E-state index is 13.3. The Morgan fingerprint density at radius 3 is 2.29 bits per heavy atom. The maximum absolute atomic E-state index is 13.3. The predicted molar refractivity (Wildman–Crippen MR) is 115 cm³/mol. The van der Waals surface area contributed by atoms with Gasteiger partial charge in [0, 0.05) is 10.5 Å². The van der Waals surface area contributed by atoms with Gasteiger partial charge in [0.1, 0.15) is 10.4 Å². The number of carbonyl (C=O) groups excluding carboxylic acids is 1. The standard InChI is InChI=1S/C20H13Br2F4N3O2/c1-31-17-7-6-16(18(22)29-17)28-19(30)12-8-10(20(24,25)26)2-4-14(12)27-15-5-3-11(23)9-13(15)21/h2-9,27H,1H3,(H,28,30). The smallest absolute Gasteiger partial charge is 0.416 e. The molecule has 0 bridgehead atoms. The average molecular weight is 563 g/mol. The molecule has 0 saturated heterocycles. The molecule has 31 heavy (non-hydrogen) atoms. The fourth-order valence-corrected chi connectivity index (χ4v) is 3.42. The van der Waals surface area contributed by atoms with Crippen LogP contribution in [-0.2, 0) is 6.18 Å². The number of nitrogens with zero attached hydrogens (tertiary/aromatic N) is 1. The molecular formula is C20H13Br2F4N3O2. The van der Waals surface area contributed by atoms with Crippen LogP contribution in [0.1, 0.15) is 15.9 Å². The quantitative estimate of drug-likeness (QED) is 0.266. The summed E-state index contributed by atoms with van der Waals surface area (Å²) in [5, 5.41) is 5.38. The van der Waals surface area contributed by atoms with Crippen molar-refractivity contribution in [2.75, 3.05) is 17.7 Å². The van der Waals surface area contributed by atoms with E-state index in [1.54, 1.807) is 0 Å². The van der Waals surface area contributed by atoms with Crippen LogP contribution in [0.3, 0.4) is 0 Å². The van der Waals surface area contributed by atoms with E-state index in [4.69, 9.17) is 4.74 Å². The van der Waals surface area contributed by atoms with E-state index in [1.807, 2.05) is 0 Å². The molecule has 11 heteroatoms. The molecule has 0 aliphatic rings. The summed E-state index contributed by atoms with van der Waals surface area (Å²) in [5.41, 5.74) is -0.572. The lowest BCUT2D eigenvalue weighted by molar-refractivity contribution is -0.137. The molecule has 0 aliphatic carbocycles. The Kier molecular flexibility index (Phi) is 6.85. The van der Waals surface area contributed by atoms with Crippen LogP contribution in [0.5, 0.6) is 5.88 Å². The summed E-state index contributed by atoms with van der Waals surface area (Å²) in [7, 11) is 1.42. The van der Waals surface area contributed by atoms with E-state index in [-0.39, 0.29) is 27.4 Å². The molecule has 3 rings (SSSR count). The van der Waals surface area contributed by atoms with Crippen LogP contribution in [0.15, 0.2) is 57.6 Å². The first-order valence-electron chi connectivity index (χ1n) is 8.53. The number of carbonyl (C=O) groups is 1. The van der Waals surface area contributed by atoms with E-state index in [9.17, 15) is 22.4 Å². The molecule has 162 valence electrons. The van der Waals surface area contributed by atoms with E-state index < -0.39 is 23.5 Å². The van der Waals surface area contributed by atoms with Crippen LogP contribution in [0, 0.1) is 5.82 Å². The SMILES string of the molecule is COc1ccc(NC(=O)c2cc(C(F)(F)F)ccc2Nc2ccc(F)cc2Br)c(Br)n1. The van der Waals surface area contributed by atoms with Crippen molar-refractivity contribution in [1.29, 1.82) is 0 Å². The second-order valence-corrected chi connectivity index (χ2v) is 7.76. The van der Waals surface area contributed by atoms with Gasteiger partial charge < -0.3 is 15.4 Å². The molecule has 5 nitrogen and oxygen atoms in total. The topological polar surface area (TPSA) is 63.2 Å². The number of rotatable bonds is 5. The fraction of sp³-hybridized carbons (Fsp3) is 0.100. The number of halogens is 6. The number of benzene rings is 2. The number of amides is 1. The zero-order valence-corrected chi connectivity index (χ0v) is 18.8. The van der Waals surface area contributed by atoms with Gasteiger partial charge in [-0.3, -0.25) is 4.79 Å². The highest BCUT2D eigenvalue weighted by Gasteiger charge is 2.32. The molecule has 0 atom stereocenters. The van der Waals surface area contributed by atoms with Crippen LogP contribution in [-0.4, -0.2) is 18.0 Å². The summed E-state index contributed by atoms with van der Waals surface area (Å²) >= 11 is 6.36. The van der Waals surface area contributed by atoms with Gasteiger partial charge in [0.2, 0.25) is 5.88 Å². The van der Waals surface area contributed by atoms with Crippen LogP contribution < -0.4 is 15.4 Å². The number of ether oxygens (including phenoxy) is 1. The Balaban J connectivity index is 2.00. The third-order valence-electron chi connectivity index (χ3n) is 4.07. The molecule has 0 radical (unpaired) electrons. The number of nitrogens with one attached hydrogen (secondary N) is 2. The third-order valence-corrected chi connectivity index (χ3v) is 5.33. The van der Waals surface area contributed by atoms with Crippen molar-refractivity contribution in [3.63, 3.8) is 0 Å². The molecule has 0 fully saturated rings. The molecule has 2 N–H and O–H groups in total. The Morgan fingerprint density at radius 2 is 1.68 bits per heavy atom. The monoisotopic (exact) mass is 561 g/mol. The number of hydrogen-bond donors (Lipinski definition) is 2. The maximum Gasteiger partial charge on any atom is 0.416 e. The van der Waals surface area contributed by atoms with Crippen molar-refractivity contribution < 1.29 is 27.1 Å². The van der Waals surface area contributed by atoms with Crippen molar-refractivity contribution in [1.82, 2.24) is 4.98 Å². The van der Waals surface area contributed by atoms with Gasteiger partial charge in [0.15, 0.2) is 0 Å². The summed E-state index contributed by atoms with van der Waals surface area (Å²) in [5.74, 6) is -1.02. The van der Waals surface area contributed by atoms with Gasteiger partial charge in [-0.05, 0) is 74.3 Å². The molecule has 1 heterocycles. The number of anilines is 3. The lowest BCUT2D eigenvalue weighted by Gasteiger charge is -2.16. The number of pyridine rings is 1. The summed E-state index contributed by atoms with van der Waals surface area (Å²) in [6.45, 7) is 0. The van der Waals surface area contributed by atoms with Crippen molar-refractivity contribution in [2.24, 2.45) is 0 Å². The molecule has 0 aliphatic heterocycles. The van der Waals surface area contributed by atoms with E-state index in [0.29, 0.717) is 10.2 Å². The largest absolute Gasteiger partial charge is 0.481 e. The third kappa shape index (κ3) is 5.53. The normalized spacial score (nSPS) is 11.2. The van der Waals surface area contributed by atoms with E-state index in [2.05, 4.69) is 47.5 Å². The molecule has 1 aromatic heterocycles. The first-order valence-corrected chi connectivity index (χ1v) is 10.1. The van der Waals surface area contributed by atoms with Gasteiger partial charge in [-0.25, -0.2) is 9.37 Å². The first-order chi connectivity index (χ1) is 14.6. The van der Waals surface area contributed by atoms with Gasteiger partial charge >= 0.3 is 6.18 Å². The number of alkyl halides is 3. The van der Waals surface area contributed by atoms with Crippen LogP contribution in [0.25, 0.3) is 0 Å². The van der Waals surface area contributed by atoms with Gasteiger partial charge in [-0.15, -0.1) is 0 Å². The molecule has 0 unspecified atom stereocenters. The minimum atomic E-state index is -4.65. The van der Waals surface area contributed by atoms with Crippen molar-refractivity contribution in [2.45, 2.75) is 6.18 Å². The lowest BCUT2D eigenvalue weighted by Crippen LogP contribution is -2.16. The number of hydrogen-bond acceptors (Lipinski definition) is 4. The lowest BCUT2D eigenvalue weighted by atomic mass is 10.1. The molecule has 2 aromatic carbocycles. The predicted octanol–water partition coefficient (Wildman–Crippen LogP) is 6.77. The van der Waals surface area contributed by atoms with Crippen molar-refractivity contribution in [3.05, 3.63) is 74.6 Å². The molecule has 0 spiro atoms. The van der Waals surface area contributed by atoms with Gasteiger partial charge in [-0.2, -0.15) is 13.2 Å². The summed E-state index contributed by atoms with van der Waals surface area (Å²) in [4.78, 5) is 16.9. The van der Waals surface area contributed by atoms with Crippen LogP contribution >= 0.6 is 31.9 Å². The second-order valence-electron chi connectivity index (χ2n) is 6.15. The Morgan fingerprint density at radius 1 is 1.00 bits per heavy atom. The fourth-order valence-electron chi connectivity index (χ4n) is 2.57. The average Bonchev–Trinajstić information content (AvgIpc) is 2.70. The first kappa shape index (κ1) is 23.0. The number of methoxy groups -OCH3 is 1. The van der Waals surface area contributed by atoms with Crippen molar-refractivity contribution in [3.8, 4) is 5.88 Å². The summed E-state index contributed by atoms with van der Waals surface area (Å²) in [6.07, 6.45) is -4.65. The highest BCUT2D eigenvalue weighted by Crippen LogP contribution is 2.35. The van der Waals surface area contributed by atoms with Gasteiger partial charge in [0.25, 0.3) is 5.91 Å². The molecule has 1 amide bonds. The second kappa shape index (κ2) is 9.23. The minimum Gasteiger partial charge on any atom is -0.481 e. The zero-order valence-electron chi connectivity index (χ0n) is 15.7. The zero-order chi connectivity index (χ0) is 22.8. The summed E-state index contributed by atoms with van der Waals surface area (Å²) in [6, 6.07) is 9.45. The van der Waals surface area contributed by atoms with Gasteiger partial charge in [0.05, 0.1) is 35.3 Å². The van der Waals surface area contributed by atoms with Gasteiger partial charge in [-0.1, -0.05) is 0 Å². The Hall–Kier alpha value is -2.66. The van der Waals surface area contributed by atoms with E-state index in [0.717, 1.165) is 18.2 Å². The van der Waals surface area contributed by atoms with E-state index >= 15 is 0 Å². The Labute approximate surface area is 191 Å². The highest BCUT2D eigenvalue weighted by molar-refractivity contribution is 9.10. The minimum absolute atomic E-state index is 0.0930. The number of aromatic nitrogens is 1. The van der Waals surface area contributed by atoms with Crippen molar-refractivity contribution >= 4 is 54.8 Å². The van der Waals surface area contributed by atoms with Crippen LogP contribution in [0.4, 0.5) is 34.6 Å². The highest BCUT2D eigenvalue weighted by atomic mass is 79.9. The summed E-state index contributed by atoms with van der Waals surface area (Å²) < 4.78 is 58.6.